The Bertz CT molecular complexity index is 1190. The van der Waals surface area contributed by atoms with Crippen molar-refractivity contribution in [3.05, 3.63) is 95.6 Å². The standard InChI is InChI=1S/C26H23F3N2O2/c1-32-24-12-5-3-8-18(24)14-15-20-17-23(22-11-4-6-13-25(22)33-2)31(30-20)21-10-7-9-19(16-21)26(27,28)29/h3-16,23H,17H2,1-2H3/b15-14-. The van der Waals surface area contributed by atoms with Gasteiger partial charge in [0.2, 0.25) is 0 Å². The van der Waals surface area contributed by atoms with Gasteiger partial charge in [0.1, 0.15) is 11.5 Å². The maximum Gasteiger partial charge on any atom is 0.416 e. The predicted molar refractivity (Wildman–Crippen MR) is 124 cm³/mol. The Balaban J connectivity index is 1.74. The first kappa shape index (κ1) is 22.5. The molecule has 0 fully saturated rings. The number of benzene rings is 3. The molecule has 1 atom stereocenters. The van der Waals surface area contributed by atoms with Gasteiger partial charge in [-0.1, -0.05) is 42.5 Å². The van der Waals surface area contributed by atoms with E-state index >= 15 is 0 Å². The number of rotatable bonds is 6. The highest BCUT2D eigenvalue weighted by molar-refractivity contribution is 6.01. The van der Waals surface area contributed by atoms with Crippen LogP contribution in [0, 0.1) is 0 Å². The largest absolute Gasteiger partial charge is 0.496 e. The third kappa shape index (κ3) is 4.87. The van der Waals surface area contributed by atoms with Crippen LogP contribution in [0.2, 0.25) is 0 Å². The summed E-state index contributed by atoms with van der Waals surface area (Å²) in [6.07, 6.45) is -0.172. The molecule has 1 aliphatic heterocycles. The Labute approximate surface area is 190 Å². The van der Waals surface area contributed by atoms with Gasteiger partial charge in [0.15, 0.2) is 0 Å². The fourth-order valence-electron chi connectivity index (χ4n) is 3.87. The Morgan fingerprint density at radius 2 is 1.58 bits per heavy atom. The van der Waals surface area contributed by atoms with Gasteiger partial charge in [0, 0.05) is 17.5 Å². The lowest BCUT2D eigenvalue weighted by Gasteiger charge is -2.26. The van der Waals surface area contributed by atoms with Crippen LogP contribution < -0.4 is 14.5 Å². The van der Waals surface area contributed by atoms with E-state index in [4.69, 9.17) is 9.47 Å². The van der Waals surface area contributed by atoms with E-state index in [0.717, 1.165) is 34.7 Å². The molecule has 0 saturated heterocycles. The molecule has 0 aromatic heterocycles. The summed E-state index contributed by atoms with van der Waals surface area (Å²) in [5.41, 5.74) is 2.11. The van der Waals surface area contributed by atoms with E-state index in [0.29, 0.717) is 17.9 Å². The molecule has 4 nitrogen and oxygen atoms in total. The predicted octanol–water partition coefficient (Wildman–Crippen LogP) is 6.74. The lowest BCUT2D eigenvalue weighted by molar-refractivity contribution is -0.137. The molecule has 0 amide bonds. The number of alkyl halides is 3. The van der Waals surface area contributed by atoms with Gasteiger partial charge < -0.3 is 9.47 Å². The number of methoxy groups -OCH3 is 2. The van der Waals surface area contributed by atoms with Crippen LogP contribution >= 0.6 is 0 Å². The van der Waals surface area contributed by atoms with E-state index in [1.54, 1.807) is 25.3 Å². The van der Waals surface area contributed by atoms with Crippen LogP contribution in [0.4, 0.5) is 18.9 Å². The van der Waals surface area contributed by atoms with E-state index < -0.39 is 11.7 Å². The average Bonchev–Trinajstić information content (AvgIpc) is 3.26. The van der Waals surface area contributed by atoms with Gasteiger partial charge in [-0.2, -0.15) is 18.3 Å². The Kier molecular flexibility index (Phi) is 6.40. The number of hydrazone groups is 1. The molecule has 1 heterocycles. The quantitative estimate of drug-likeness (QED) is 0.415. The molecule has 33 heavy (non-hydrogen) atoms. The van der Waals surface area contributed by atoms with Crippen molar-refractivity contribution in [2.75, 3.05) is 19.2 Å². The maximum absolute atomic E-state index is 13.4. The average molecular weight is 452 g/mol. The number of ether oxygens (including phenoxy) is 2. The summed E-state index contributed by atoms with van der Waals surface area (Å²) in [5, 5.41) is 6.32. The van der Waals surface area contributed by atoms with Crippen LogP contribution in [0.5, 0.6) is 11.5 Å². The number of anilines is 1. The number of para-hydroxylation sites is 2. The van der Waals surface area contributed by atoms with Crippen molar-refractivity contribution in [2.45, 2.75) is 18.6 Å². The van der Waals surface area contributed by atoms with E-state index in [1.165, 1.54) is 6.07 Å². The lowest BCUT2D eigenvalue weighted by atomic mass is 9.99. The fourth-order valence-corrected chi connectivity index (χ4v) is 3.87. The minimum atomic E-state index is -4.44. The summed E-state index contributed by atoms with van der Waals surface area (Å²) in [5.74, 6) is 1.38. The minimum Gasteiger partial charge on any atom is -0.496 e. The number of nitrogens with zero attached hydrogens (tertiary/aromatic N) is 2. The van der Waals surface area contributed by atoms with E-state index in [2.05, 4.69) is 5.10 Å². The molecule has 3 aromatic rings. The molecule has 7 heteroatoms. The van der Waals surface area contributed by atoms with Crippen molar-refractivity contribution in [1.82, 2.24) is 0 Å². The summed E-state index contributed by atoms with van der Waals surface area (Å²) in [4.78, 5) is 0. The normalized spacial score (nSPS) is 16.2. The molecule has 170 valence electrons. The Morgan fingerprint density at radius 1 is 0.879 bits per heavy atom. The second kappa shape index (κ2) is 9.40. The van der Waals surface area contributed by atoms with Crippen molar-refractivity contribution in [2.24, 2.45) is 5.10 Å². The van der Waals surface area contributed by atoms with Gasteiger partial charge in [0.25, 0.3) is 0 Å². The number of allylic oxidation sites excluding steroid dienone is 1. The molecular weight excluding hydrogens is 429 g/mol. The Morgan fingerprint density at radius 3 is 2.30 bits per heavy atom. The summed E-state index contributed by atoms with van der Waals surface area (Å²) in [6.45, 7) is 0. The van der Waals surface area contributed by atoms with Gasteiger partial charge >= 0.3 is 6.18 Å². The SMILES string of the molecule is COc1ccccc1/C=C\C1=NN(c2cccc(C(F)(F)F)c2)C(c2ccccc2OC)C1. The monoisotopic (exact) mass is 452 g/mol. The molecule has 4 rings (SSSR count). The maximum atomic E-state index is 13.4. The van der Waals surface area contributed by atoms with Crippen LogP contribution in [-0.2, 0) is 6.18 Å². The molecule has 1 aliphatic rings. The van der Waals surface area contributed by atoms with Crippen molar-refractivity contribution >= 4 is 17.5 Å². The summed E-state index contributed by atoms with van der Waals surface area (Å²) < 4.78 is 51.0. The molecular formula is C26H23F3N2O2. The van der Waals surface area contributed by atoms with Crippen LogP contribution in [0.1, 0.15) is 29.2 Å². The highest BCUT2D eigenvalue weighted by Crippen LogP contribution is 2.41. The topological polar surface area (TPSA) is 34.1 Å². The summed E-state index contributed by atoms with van der Waals surface area (Å²) in [6, 6.07) is 20.0. The Hall–Kier alpha value is -3.74. The van der Waals surface area contributed by atoms with E-state index in [1.807, 2.05) is 60.7 Å². The first-order valence-electron chi connectivity index (χ1n) is 10.4. The smallest absolute Gasteiger partial charge is 0.416 e. The third-order valence-electron chi connectivity index (χ3n) is 5.46. The fraction of sp³-hybridized carbons (Fsp3) is 0.192. The third-order valence-corrected chi connectivity index (χ3v) is 5.46. The molecule has 0 spiro atoms. The highest BCUT2D eigenvalue weighted by atomic mass is 19.4. The van der Waals surface area contributed by atoms with Crippen LogP contribution in [0.25, 0.3) is 6.08 Å². The van der Waals surface area contributed by atoms with Crippen LogP contribution in [0.3, 0.4) is 0 Å². The van der Waals surface area contributed by atoms with Crippen molar-refractivity contribution in [1.29, 1.82) is 0 Å². The second-order valence-corrected chi connectivity index (χ2v) is 7.52. The van der Waals surface area contributed by atoms with Crippen molar-refractivity contribution in [3.63, 3.8) is 0 Å². The molecule has 3 aromatic carbocycles. The zero-order chi connectivity index (χ0) is 23.4. The zero-order valence-corrected chi connectivity index (χ0v) is 18.2. The van der Waals surface area contributed by atoms with Crippen molar-refractivity contribution in [3.8, 4) is 11.5 Å². The lowest BCUT2D eigenvalue weighted by Crippen LogP contribution is -2.20. The first-order chi connectivity index (χ1) is 15.9. The van der Waals surface area contributed by atoms with E-state index in [9.17, 15) is 13.2 Å². The number of hydrogen-bond donors (Lipinski definition) is 0. The molecule has 0 bridgehead atoms. The number of halogens is 3. The molecule has 1 unspecified atom stereocenters. The van der Waals surface area contributed by atoms with Crippen LogP contribution in [0.15, 0.2) is 84.0 Å². The van der Waals surface area contributed by atoms with Crippen molar-refractivity contribution < 1.29 is 22.6 Å². The van der Waals surface area contributed by atoms with Gasteiger partial charge in [-0.3, -0.25) is 5.01 Å². The summed E-state index contributed by atoms with van der Waals surface area (Å²) in [7, 11) is 3.18. The van der Waals surface area contributed by atoms with Crippen LogP contribution in [-0.4, -0.2) is 19.9 Å². The second-order valence-electron chi connectivity index (χ2n) is 7.52. The summed E-state index contributed by atoms with van der Waals surface area (Å²) >= 11 is 0. The van der Waals surface area contributed by atoms with Gasteiger partial charge in [-0.25, -0.2) is 0 Å². The van der Waals surface area contributed by atoms with Gasteiger partial charge in [0.05, 0.1) is 37.2 Å². The first-order valence-corrected chi connectivity index (χ1v) is 10.4. The van der Waals surface area contributed by atoms with Gasteiger partial charge in [-0.15, -0.1) is 0 Å². The zero-order valence-electron chi connectivity index (χ0n) is 18.2. The van der Waals surface area contributed by atoms with E-state index in [-0.39, 0.29) is 6.04 Å². The molecule has 0 N–H and O–H groups in total. The highest BCUT2D eigenvalue weighted by Gasteiger charge is 2.34. The number of hydrogen-bond acceptors (Lipinski definition) is 4. The van der Waals surface area contributed by atoms with Gasteiger partial charge in [-0.05, 0) is 42.5 Å². The minimum absolute atomic E-state index is 0.318. The molecule has 0 radical (unpaired) electrons. The molecule has 0 aliphatic carbocycles. The molecule has 0 saturated carbocycles.